The number of nitrogens with zero attached hydrogens (tertiary/aromatic N) is 6. The number of morpholine rings is 1. The van der Waals surface area contributed by atoms with Crippen molar-refractivity contribution in [3.8, 4) is 17.1 Å². The molecule has 0 spiro atoms. The molecule has 3 heterocycles. The van der Waals surface area contributed by atoms with Crippen LogP contribution >= 0.6 is 0 Å². The Bertz CT molecular complexity index is 1010. The van der Waals surface area contributed by atoms with Gasteiger partial charge in [-0.3, -0.25) is 0 Å². The summed E-state index contributed by atoms with van der Waals surface area (Å²) in [5.41, 5.74) is 6.92. The van der Waals surface area contributed by atoms with Gasteiger partial charge in [0.15, 0.2) is 0 Å². The first kappa shape index (κ1) is 21.6. The van der Waals surface area contributed by atoms with Gasteiger partial charge in [-0.05, 0) is 0 Å². The molecule has 0 unspecified atom stereocenters. The van der Waals surface area contributed by atoms with Gasteiger partial charge in [0.25, 0.3) is 10.2 Å². The Morgan fingerprint density at radius 1 is 1.23 bits per heavy atom. The lowest BCUT2D eigenvalue weighted by Gasteiger charge is -2.39. The summed E-state index contributed by atoms with van der Waals surface area (Å²) in [6.07, 6.45) is 4.23. The quantitative estimate of drug-likeness (QED) is 0.573. The standard InChI is InChI=1S/C18H26N8O4S/c1-20-31(27,28)25(2)13-7-14(8-13)30-16-9-15(12-10-21-17(19)22-11-12)23-18(24-16)26-3-5-29-6-4-26/h9-11,13-14,20H,3-8H2,1-2H3,(H2,19,21,22). The van der Waals surface area contributed by atoms with E-state index in [0.717, 1.165) is 0 Å². The van der Waals surface area contributed by atoms with Crippen LogP contribution in [0.25, 0.3) is 11.3 Å². The number of rotatable bonds is 7. The van der Waals surface area contributed by atoms with E-state index in [1.165, 1.54) is 11.4 Å². The van der Waals surface area contributed by atoms with Gasteiger partial charge in [-0.1, -0.05) is 0 Å². The first-order valence-electron chi connectivity index (χ1n) is 9.98. The highest BCUT2D eigenvalue weighted by Gasteiger charge is 2.38. The summed E-state index contributed by atoms with van der Waals surface area (Å²) in [5.74, 6) is 1.15. The summed E-state index contributed by atoms with van der Waals surface area (Å²) in [7, 11) is -0.502. The van der Waals surface area contributed by atoms with Crippen molar-refractivity contribution in [2.24, 2.45) is 0 Å². The largest absolute Gasteiger partial charge is 0.474 e. The highest BCUT2D eigenvalue weighted by atomic mass is 32.2. The van der Waals surface area contributed by atoms with Gasteiger partial charge in [0.1, 0.15) is 6.10 Å². The van der Waals surface area contributed by atoms with Crippen molar-refractivity contribution in [1.82, 2.24) is 29.0 Å². The van der Waals surface area contributed by atoms with Crippen LogP contribution in [-0.2, 0) is 14.9 Å². The van der Waals surface area contributed by atoms with Crippen molar-refractivity contribution in [3.63, 3.8) is 0 Å². The minimum atomic E-state index is -3.46. The average molecular weight is 451 g/mol. The molecule has 4 rings (SSSR count). The van der Waals surface area contributed by atoms with Gasteiger partial charge in [-0.15, -0.1) is 0 Å². The first-order valence-corrected chi connectivity index (χ1v) is 11.4. The number of nitrogens with two attached hydrogens (primary N) is 1. The van der Waals surface area contributed by atoms with E-state index in [1.807, 2.05) is 4.90 Å². The lowest BCUT2D eigenvalue weighted by molar-refractivity contribution is 0.0556. The highest BCUT2D eigenvalue weighted by molar-refractivity contribution is 7.87. The molecule has 1 aliphatic heterocycles. The molecular formula is C18H26N8O4S. The lowest BCUT2D eigenvalue weighted by Crippen LogP contribution is -2.52. The molecule has 0 amide bonds. The third-order valence-electron chi connectivity index (χ3n) is 5.46. The number of nitrogens with one attached hydrogen (secondary N) is 1. The minimum Gasteiger partial charge on any atom is -0.474 e. The molecule has 0 aromatic carbocycles. The summed E-state index contributed by atoms with van der Waals surface area (Å²) in [4.78, 5) is 19.4. The lowest BCUT2D eigenvalue weighted by atomic mass is 9.89. The molecule has 0 atom stereocenters. The molecule has 2 aromatic heterocycles. The SMILES string of the molecule is CNS(=O)(=O)N(C)C1CC(Oc2cc(-c3cnc(N)nc3)nc(N3CCOCC3)n2)C1. The molecule has 3 N–H and O–H groups in total. The van der Waals surface area contributed by atoms with Crippen LogP contribution in [0.1, 0.15) is 12.8 Å². The normalized spacial score (nSPS) is 21.7. The predicted octanol–water partition coefficient (Wildman–Crippen LogP) is -0.342. The third-order valence-corrected chi connectivity index (χ3v) is 7.03. The van der Waals surface area contributed by atoms with Crippen LogP contribution in [0.15, 0.2) is 18.5 Å². The molecule has 13 heteroatoms. The fourth-order valence-corrected chi connectivity index (χ4v) is 4.29. The van der Waals surface area contributed by atoms with Crippen LogP contribution < -0.4 is 20.1 Å². The van der Waals surface area contributed by atoms with E-state index in [4.69, 9.17) is 15.2 Å². The van der Waals surface area contributed by atoms with Crippen molar-refractivity contribution < 1.29 is 17.9 Å². The summed E-state index contributed by atoms with van der Waals surface area (Å²) in [6.45, 7) is 2.56. The summed E-state index contributed by atoms with van der Waals surface area (Å²) >= 11 is 0. The monoisotopic (exact) mass is 450 g/mol. The van der Waals surface area contributed by atoms with E-state index in [2.05, 4.69) is 24.7 Å². The van der Waals surface area contributed by atoms with Crippen LogP contribution in [0.3, 0.4) is 0 Å². The second-order valence-electron chi connectivity index (χ2n) is 7.41. The third kappa shape index (κ3) is 4.84. The molecule has 2 fully saturated rings. The van der Waals surface area contributed by atoms with Gasteiger partial charge < -0.3 is 20.1 Å². The van der Waals surface area contributed by atoms with E-state index in [-0.39, 0.29) is 18.1 Å². The fourth-order valence-electron chi connectivity index (χ4n) is 3.44. The highest BCUT2D eigenvalue weighted by Crippen LogP contribution is 2.31. The van der Waals surface area contributed by atoms with Crippen molar-refractivity contribution in [2.75, 3.05) is 51.0 Å². The topological polar surface area (TPSA) is 149 Å². The number of nitrogen functional groups attached to an aromatic ring is 1. The molecule has 0 bridgehead atoms. The van der Waals surface area contributed by atoms with Crippen molar-refractivity contribution in [3.05, 3.63) is 18.5 Å². The smallest absolute Gasteiger partial charge is 0.279 e. The van der Waals surface area contributed by atoms with Gasteiger partial charge in [0, 0.05) is 70.1 Å². The number of hydrogen-bond donors (Lipinski definition) is 2. The number of aromatic nitrogens is 4. The van der Waals surface area contributed by atoms with Gasteiger partial charge in [0.2, 0.25) is 17.8 Å². The molecular weight excluding hydrogens is 424 g/mol. The number of hydrogen-bond acceptors (Lipinski definition) is 10. The van der Waals surface area contributed by atoms with Crippen LogP contribution in [0.4, 0.5) is 11.9 Å². The fraction of sp³-hybridized carbons (Fsp3) is 0.556. The van der Waals surface area contributed by atoms with E-state index in [1.54, 1.807) is 25.5 Å². The van der Waals surface area contributed by atoms with Crippen molar-refractivity contribution in [1.29, 1.82) is 0 Å². The maximum Gasteiger partial charge on any atom is 0.279 e. The van der Waals surface area contributed by atoms with Crippen LogP contribution in [-0.4, -0.2) is 85.2 Å². The van der Waals surface area contributed by atoms with Crippen molar-refractivity contribution in [2.45, 2.75) is 25.0 Å². The van der Waals surface area contributed by atoms with E-state index in [0.29, 0.717) is 62.2 Å². The predicted molar refractivity (Wildman–Crippen MR) is 114 cm³/mol. The van der Waals surface area contributed by atoms with Gasteiger partial charge in [-0.2, -0.15) is 17.7 Å². The maximum atomic E-state index is 12.0. The van der Waals surface area contributed by atoms with Crippen LogP contribution in [0.5, 0.6) is 5.88 Å². The Labute approximate surface area is 181 Å². The van der Waals surface area contributed by atoms with Gasteiger partial charge >= 0.3 is 0 Å². The molecule has 0 radical (unpaired) electrons. The zero-order valence-electron chi connectivity index (χ0n) is 17.4. The van der Waals surface area contributed by atoms with Gasteiger partial charge in [-0.25, -0.2) is 19.7 Å². The molecule has 1 saturated heterocycles. The second-order valence-corrected chi connectivity index (χ2v) is 9.35. The Balaban J connectivity index is 1.53. The Morgan fingerprint density at radius 3 is 2.55 bits per heavy atom. The molecule has 168 valence electrons. The van der Waals surface area contributed by atoms with Crippen LogP contribution in [0.2, 0.25) is 0 Å². The molecule has 2 aromatic rings. The zero-order valence-corrected chi connectivity index (χ0v) is 18.2. The number of anilines is 2. The Hall–Kier alpha value is -2.61. The molecule has 1 saturated carbocycles. The molecule has 2 aliphatic rings. The second kappa shape index (κ2) is 8.86. The minimum absolute atomic E-state index is 0.118. The average Bonchev–Trinajstić information content (AvgIpc) is 2.76. The van der Waals surface area contributed by atoms with E-state index in [9.17, 15) is 8.42 Å². The van der Waals surface area contributed by atoms with E-state index >= 15 is 0 Å². The van der Waals surface area contributed by atoms with E-state index < -0.39 is 10.2 Å². The molecule has 1 aliphatic carbocycles. The van der Waals surface area contributed by atoms with Gasteiger partial charge in [0.05, 0.1) is 18.9 Å². The molecule has 12 nitrogen and oxygen atoms in total. The Morgan fingerprint density at radius 2 is 1.90 bits per heavy atom. The summed E-state index contributed by atoms with van der Waals surface area (Å²) in [6, 6.07) is 1.62. The summed E-state index contributed by atoms with van der Waals surface area (Å²) < 4.78 is 39.1. The van der Waals surface area contributed by atoms with Crippen molar-refractivity contribution >= 4 is 22.1 Å². The zero-order chi connectivity index (χ0) is 22.0. The maximum absolute atomic E-state index is 12.0. The summed E-state index contributed by atoms with van der Waals surface area (Å²) in [5, 5.41) is 0. The first-order chi connectivity index (χ1) is 14.9. The van der Waals surface area contributed by atoms with Crippen LogP contribution in [0, 0.1) is 0 Å². The Kier molecular flexibility index (Phi) is 6.18. The molecule has 31 heavy (non-hydrogen) atoms. The number of ether oxygens (including phenoxy) is 2.